The molecule has 0 spiro atoms. The summed E-state index contributed by atoms with van der Waals surface area (Å²) in [6.45, 7) is 4.02. The van der Waals surface area contributed by atoms with Gasteiger partial charge < -0.3 is 15.5 Å². The third-order valence-electron chi connectivity index (χ3n) is 1.95. The number of nitrogens with one attached hydrogen (secondary N) is 1. The maximum atomic E-state index is 10.7. The molecule has 0 aromatic rings. The van der Waals surface area contributed by atoms with Gasteiger partial charge in [0.25, 0.3) is 0 Å². The van der Waals surface area contributed by atoms with Gasteiger partial charge in [-0.2, -0.15) is 0 Å². The Kier molecular flexibility index (Phi) is 5.87. The van der Waals surface area contributed by atoms with Crippen molar-refractivity contribution in [2.45, 2.75) is 32.7 Å². The molecule has 0 bridgehead atoms. The van der Waals surface area contributed by atoms with Crippen molar-refractivity contribution >= 4 is 11.9 Å². The summed E-state index contributed by atoms with van der Waals surface area (Å²) >= 11 is 0. The standard InChI is InChI=1S/C9H17NO4/c1-3-4-10-7(9(13)14)5-6(2)8(11)12/h6-7,10H,3-5H2,1-2H3,(H,11,12)(H,13,14). The van der Waals surface area contributed by atoms with E-state index < -0.39 is 23.9 Å². The highest BCUT2D eigenvalue weighted by atomic mass is 16.4. The lowest BCUT2D eigenvalue weighted by atomic mass is 10.0. The quantitative estimate of drug-likeness (QED) is 0.562. The number of carboxylic acid groups (broad SMARTS) is 2. The third-order valence-corrected chi connectivity index (χ3v) is 1.95. The second kappa shape index (κ2) is 6.37. The molecule has 0 aliphatic heterocycles. The number of hydrogen-bond donors (Lipinski definition) is 3. The number of rotatable bonds is 7. The maximum Gasteiger partial charge on any atom is 0.320 e. The van der Waals surface area contributed by atoms with E-state index in [-0.39, 0.29) is 6.42 Å². The van der Waals surface area contributed by atoms with Gasteiger partial charge in [-0.1, -0.05) is 13.8 Å². The number of carboxylic acids is 2. The Morgan fingerprint density at radius 3 is 2.21 bits per heavy atom. The van der Waals surface area contributed by atoms with Gasteiger partial charge in [-0.15, -0.1) is 0 Å². The Morgan fingerprint density at radius 1 is 1.29 bits per heavy atom. The van der Waals surface area contributed by atoms with Gasteiger partial charge in [0.15, 0.2) is 0 Å². The van der Waals surface area contributed by atoms with E-state index >= 15 is 0 Å². The molecule has 0 aliphatic carbocycles. The highest BCUT2D eigenvalue weighted by Crippen LogP contribution is 2.06. The van der Waals surface area contributed by atoms with E-state index in [1.807, 2.05) is 6.92 Å². The van der Waals surface area contributed by atoms with Crippen molar-refractivity contribution < 1.29 is 19.8 Å². The van der Waals surface area contributed by atoms with E-state index in [0.29, 0.717) is 6.54 Å². The summed E-state index contributed by atoms with van der Waals surface area (Å²) in [5.74, 6) is -2.60. The van der Waals surface area contributed by atoms with Gasteiger partial charge in [-0.25, -0.2) is 0 Å². The highest BCUT2D eigenvalue weighted by molar-refractivity contribution is 5.75. The summed E-state index contributed by atoms with van der Waals surface area (Å²) in [5, 5.41) is 20.2. The second-order valence-electron chi connectivity index (χ2n) is 3.32. The van der Waals surface area contributed by atoms with Gasteiger partial charge in [-0.3, -0.25) is 9.59 Å². The van der Waals surface area contributed by atoms with Crippen LogP contribution in [0, 0.1) is 5.92 Å². The molecule has 0 rings (SSSR count). The molecule has 0 saturated heterocycles. The second-order valence-corrected chi connectivity index (χ2v) is 3.32. The Balaban J connectivity index is 4.08. The van der Waals surface area contributed by atoms with E-state index in [1.54, 1.807) is 0 Å². The molecule has 0 saturated carbocycles. The summed E-state index contributed by atoms with van der Waals surface area (Å²) in [4.78, 5) is 21.2. The molecule has 0 fully saturated rings. The van der Waals surface area contributed by atoms with Crippen LogP contribution in [0.1, 0.15) is 26.7 Å². The summed E-state index contributed by atoms with van der Waals surface area (Å²) in [6, 6.07) is -0.763. The van der Waals surface area contributed by atoms with Crippen LogP contribution in [0.25, 0.3) is 0 Å². The molecule has 0 amide bonds. The Hall–Kier alpha value is -1.10. The average Bonchev–Trinajstić information content (AvgIpc) is 2.10. The first-order chi connectivity index (χ1) is 6.49. The molecule has 0 aromatic carbocycles. The lowest BCUT2D eigenvalue weighted by molar-refractivity contribution is -0.143. The molecular weight excluding hydrogens is 186 g/mol. The molecule has 5 heteroatoms. The first-order valence-electron chi connectivity index (χ1n) is 4.68. The van der Waals surface area contributed by atoms with Crippen LogP contribution in [0.2, 0.25) is 0 Å². The number of aliphatic carboxylic acids is 2. The molecule has 14 heavy (non-hydrogen) atoms. The monoisotopic (exact) mass is 203 g/mol. The minimum atomic E-state index is -0.994. The lowest BCUT2D eigenvalue weighted by Crippen LogP contribution is -2.39. The largest absolute Gasteiger partial charge is 0.481 e. The van der Waals surface area contributed by atoms with Crippen molar-refractivity contribution in [3.63, 3.8) is 0 Å². The van der Waals surface area contributed by atoms with Crippen LogP contribution in [0.15, 0.2) is 0 Å². The predicted octanol–water partition coefficient (Wildman–Crippen LogP) is 0.550. The average molecular weight is 203 g/mol. The molecule has 2 unspecified atom stereocenters. The fraction of sp³-hybridized carbons (Fsp3) is 0.778. The minimum Gasteiger partial charge on any atom is -0.481 e. The van der Waals surface area contributed by atoms with E-state index in [4.69, 9.17) is 10.2 Å². The van der Waals surface area contributed by atoms with Crippen LogP contribution < -0.4 is 5.32 Å². The Bertz CT molecular complexity index is 205. The lowest BCUT2D eigenvalue weighted by Gasteiger charge is -2.15. The van der Waals surface area contributed by atoms with Crippen LogP contribution in [0.4, 0.5) is 0 Å². The predicted molar refractivity (Wildman–Crippen MR) is 51.1 cm³/mol. The smallest absolute Gasteiger partial charge is 0.320 e. The van der Waals surface area contributed by atoms with Gasteiger partial charge in [0, 0.05) is 0 Å². The van der Waals surface area contributed by atoms with Crippen molar-refractivity contribution in [2.75, 3.05) is 6.54 Å². The van der Waals surface area contributed by atoms with Crippen LogP contribution in [-0.2, 0) is 9.59 Å². The molecule has 0 heterocycles. The molecule has 0 aliphatic rings. The zero-order valence-corrected chi connectivity index (χ0v) is 8.49. The zero-order valence-electron chi connectivity index (χ0n) is 8.49. The molecule has 2 atom stereocenters. The summed E-state index contributed by atoms with van der Waals surface area (Å²) in [5.41, 5.74) is 0. The molecule has 5 nitrogen and oxygen atoms in total. The topological polar surface area (TPSA) is 86.6 Å². The molecule has 82 valence electrons. The number of hydrogen-bond acceptors (Lipinski definition) is 3. The van der Waals surface area contributed by atoms with Crippen LogP contribution in [0.5, 0.6) is 0 Å². The van der Waals surface area contributed by atoms with Crippen LogP contribution in [0.3, 0.4) is 0 Å². The maximum absolute atomic E-state index is 10.7. The van der Waals surface area contributed by atoms with Crippen molar-refractivity contribution in [1.82, 2.24) is 5.32 Å². The van der Waals surface area contributed by atoms with Crippen LogP contribution in [-0.4, -0.2) is 34.7 Å². The first-order valence-corrected chi connectivity index (χ1v) is 4.68. The van der Waals surface area contributed by atoms with E-state index in [9.17, 15) is 9.59 Å². The normalized spacial score (nSPS) is 14.7. The summed E-state index contributed by atoms with van der Waals surface area (Å²) < 4.78 is 0. The Morgan fingerprint density at radius 2 is 1.86 bits per heavy atom. The Labute approximate surface area is 83.1 Å². The van der Waals surface area contributed by atoms with E-state index in [2.05, 4.69) is 5.32 Å². The van der Waals surface area contributed by atoms with E-state index in [0.717, 1.165) is 6.42 Å². The highest BCUT2D eigenvalue weighted by Gasteiger charge is 2.22. The van der Waals surface area contributed by atoms with Gasteiger partial charge in [0.05, 0.1) is 5.92 Å². The molecule has 0 radical (unpaired) electrons. The van der Waals surface area contributed by atoms with Gasteiger partial charge >= 0.3 is 11.9 Å². The van der Waals surface area contributed by atoms with Crippen molar-refractivity contribution in [2.24, 2.45) is 5.92 Å². The minimum absolute atomic E-state index is 0.116. The number of carbonyl (C=O) groups is 2. The van der Waals surface area contributed by atoms with Crippen LogP contribution >= 0.6 is 0 Å². The van der Waals surface area contributed by atoms with Crippen molar-refractivity contribution in [3.05, 3.63) is 0 Å². The zero-order chi connectivity index (χ0) is 11.1. The van der Waals surface area contributed by atoms with Crippen molar-refractivity contribution in [1.29, 1.82) is 0 Å². The molecule has 3 N–H and O–H groups in total. The molecular formula is C9H17NO4. The first kappa shape index (κ1) is 12.9. The third kappa shape index (κ3) is 4.81. The van der Waals surface area contributed by atoms with Gasteiger partial charge in [0.2, 0.25) is 0 Å². The fourth-order valence-electron chi connectivity index (χ4n) is 1.04. The van der Waals surface area contributed by atoms with Crippen molar-refractivity contribution in [3.8, 4) is 0 Å². The molecule has 0 aromatic heterocycles. The SMILES string of the molecule is CCCNC(CC(C)C(=O)O)C(=O)O. The summed E-state index contributed by atoms with van der Waals surface area (Å²) in [6.07, 6.45) is 0.940. The van der Waals surface area contributed by atoms with Gasteiger partial charge in [0.1, 0.15) is 6.04 Å². The van der Waals surface area contributed by atoms with E-state index in [1.165, 1.54) is 6.92 Å². The fourth-order valence-corrected chi connectivity index (χ4v) is 1.04. The summed E-state index contributed by atoms with van der Waals surface area (Å²) in [7, 11) is 0. The van der Waals surface area contributed by atoms with Gasteiger partial charge in [-0.05, 0) is 19.4 Å².